The molecular formula is C11H17ClN4. The Hall–Kier alpha value is -1.03. The van der Waals surface area contributed by atoms with Crippen LogP contribution in [-0.2, 0) is 0 Å². The van der Waals surface area contributed by atoms with E-state index < -0.39 is 0 Å². The third-order valence-electron chi connectivity index (χ3n) is 3.23. The SMILES string of the molecule is CC1=NC(N2CCCC2)=CC2=NCCN12.Cl. The number of likely N-dealkylation sites (tertiary alicyclic amines) is 1. The van der Waals surface area contributed by atoms with Gasteiger partial charge >= 0.3 is 0 Å². The molecule has 3 aliphatic heterocycles. The van der Waals surface area contributed by atoms with Crippen molar-refractivity contribution in [2.75, 3.05) is 26.2 Å². The molecule has 0 bridgehead atoms. The number of aliphatic imine (C=N–C) groups is 2. The van der Waals surface area contributed by atoms with E-state index >= 15 is 0 Å². The normalized spacial score (nSPS) is 23.4. The summed E-state index contributed by atoms with van der Waals surface area (Å²) in [6.07, 6.45) is 4.72. The van der Waals surface area contributed by atoms with Crippen molar-refractivity contribution in [3.63, 3.8) is 0 Å². The third-order valence-corrected chi connectivity index (χ3v) is 3.23. The number of amidine groups is 2. The number of halogens is 1. The topological polar surface area (TPSA) is 31.2 Å². The third kappa shape index (κ3) is 1.82. The standard InChI is InChI=1S/C11H16N4.ClH/c1-9-13-11(14-5-2-3-6-14)8-10-12-4-7-15(9)10;/h8H,2-7H2,1H3;1H. The Kier molecular flexibility index (Phi) is 3.19. The van der Waals surface area contributed by atoms with Crippen LogP contribution in [0.3, 0.4) is 0 Å². The maximum atomic E-state index is 4.66. The Balaban J connectivity index is 0.000000963. The van der Waals surface area contributed by atoms with Gasteiger partial charge in [0.2, 0.25) is 0 Å². The maximum Gasteiger partial charge on any atom is 0.134 e. The van der Waals surface area contributed by atoms with Gasteiger partial charge in [-0.15, -0.1) is 12.4 Å². The van der Waals surface area contributed by atoms with Crippen LogP contribution in [-0.4, -0.2) is 47.7 Å². The highest BCUT2D eigenvalue weighted by molar-refractivity contribution is 6.08. The Morgan fingerprint density at radius 1 is 1.19 bits per heavy atom. The van der Waals surface area contributed by atoms with Crippen molar-refractivity contribution < 1.29 is 0 Å². The van der Waals surface area contributed by atoms with Gasteiger partial charge < -0.3 is 9.80 Å². The Morgan fingerprint density at radius 2 is 1.94 bits per heavy atom. The summed E-state index contributed by atoms with van der Waals surface area (Å²) in [5.74, 6) is 3.31. The van der Waals surface area contributed by atoms with Gasteiger partial charge in [-0.25, -0.2) is 4.99 Å². The molecule has 0 aromatic heterocycles. The van der Waals surface area contributed by atoms with E-state index in [0.717, 1.165) is 43.7 Å². The molecule has 16 heavy (non-hydrogen) atoms. The molecular weight excluding hydrogens is 224 g/mol. The predicted octanol–water partition coefficient (Wildman–Crippen LogP) is 1.49. The summed E-state index contributed by atoms with van der Waals surface area (Å²) in [4.78, 5) is 13.7. The van der Waals surface area contributed by atoms with Crippen molar-refractivity contribution in [3.8, 4) is 0 Å². The van der Waals surface area contributed by atoms with Crippen LogP contribution in [0.4, 0.5) is 0 Å². The monoisotopic (exact) mass is 240 g/mol. The summed E-state index contributed by atoms with van der Waals surface area (Å²) in [5.41, 5.74) is 0. The second kappa shape index (κ2) is 4.45. The molecule has 0 atom stereocenters. The fraction of sp³-hybridized carbons (Fsp3) is 0.636. The van der Waals surface area contributed by atoms with Gasteiger partial charge in [-0.1, -0.05) is 0 Å². The van der Waals surface area contributed by atoms with Crippen LogP contribution in [0.5, 0.6) is 0 Å². The number of nitrogens with zero attached hydrogens (tertiary/aromatic N) is 4. The number of hydrogen-bond acceptors (Lipinski definition) is 4. The molecule has 5 heteroatoms. The van der Waals surface area contributed by atoms with Gasteiger partial charge in [0.15, 0.2) is 0 Å². The number of hydrogen-bond donors (Lipinski definition) is 0. The molecule has 0 saturated carbocycles. The van der Waals surface area contributed by atoms with Crippen LogP contribution in [0, 0.1) is 0 Å². The molecule has 0 amide bonds. The summed E-state index contributed by atoms with van der Waals surface area (Å²) in [6, 6.07) is 0. The lowest BCUT2D eigenvalue weighted by atomic mass is 10.3. The summed E-state index contributed by atoms with van der Waals surface area (Å²) in [7, 11) is 0. The second-order valence-electron chi connectivity index (χ2n) is 4.25. The van der Waals surface area contributed by atoms with Crippen molar-refractivity contribution in [2.45, 2.75) is 19.8 Å². The van der Waals surface area contributed by atoms with Crippen LogP contribution in [0.1, 0.15) is 19.8 Å². The number of rotatable bonds is 1. The molecule has 0 unspecified atom stereocenters. The first-order valence-corrected chi connectivity index (χ1v) is 5.68. The summed E-state index contributed by atoms with van der Waals surface area (Å²) in [5, 5.41) is 0. The Morgan fingerprint density at radius 3 is 2.69 bits per heavy atom. The van der Waals surface area contributed by atoms with Crippen molar-refractivity contribution in [2.24, 2.45) is 9.98 Å². The van der Waals surface area contributed by atoms with Crippen molar-refractivity contribution in [3.05, 3.63) is 11.9 Å². The average molecular weight is 241 g/mol. The molecule has 88 valence electrons. The zero-order valence-corrected chi connectivity index (χ0v) is 10.3. The van der Waals surface area contributed by atoms with E-state index in [1.807, 2.05) is 0 Å². The van der Waals surface area contributed by atoms with Gasteiger partial charge in [-0.05, 0) is 19.8 Å². The van der Waals surface area contributed by atoms with Crippen LogP contribution >= 0.6 is 12.4 Å². The van der Waals surface area contributed by atoms with Gasteiger partial charge in [-0.3, -0.25) is 4.99 Å². The van der Waals surface area contributed by atoms with E-state index in [1.165, 1.54) is 12.8 Å². The molecule has 0 radical (unpaired) electrons. The molecule has 3 rings (SSSR count). The summed E-state index contributed by atoms with van der Waals surface area (Å²) < 4.78 is 0. The van der Waals surface area contributed by atoms with Gasteiger partial charge in [0.1, 0.15) is 17.5 Å². The van der Waals surface area contributed by atoms with E-state index in [4.69, 9.17) is 0 Å². The molecule has 1 fully saturated rings. The lowest BCUT2D eigenvalue weighted by Crippen LogP contribution is -2.36. The minimum Gasteiger partial charge on any atom is -0.356 e. The van der Waals surface area contributed by atoms with Crippen molar-refractivity contribution in [1.29, 1.82) is 0 Å². The zero-order chi connectivity index (χ0) is 10.3. The van der Waals surface area contributed by atoms with E-state index in [2.05, 4.69) is 32.8 Å². The molecule has 3 aliphatic rings. The molecule has 0 spiro atoms. The van der Waals surface area contributed by atoms with Gasteiger partial charge in [0.05, 0.1) is 6.54 Å². The predicted molar refractivity (Wildman–Crippen MR) is 68.3 cm³/mol. The van der Waals surface area contributed by atoms with Gasteiger partial charge in [0, 0.05) is 25.7 Å². The second-order valence-corrected chi connectivity index (χ2v) is 4.25. The largest absolute Gasteiger partial charge is 0.356 e. The molecule has 0 N–H and O–H groups in total. The molecule has 1 saturated heterocycles. The Bertz CT molecular complexity index is 366. The van der Waals surface area contributed by atoms with E-state index in [0.29, 0.717) is 0 Å². The van der Waals surface area contributed by atoms with Crippen LogP contribution in [0.2, 0.25) is 0 Å². The lowest BCUT2D eigenvalue weighted by molar-refractivity contribution is 0.418. The zero-order valence-electron chi connectivity index (χ0n) is 9.52. The van der Waals surface area contributed by atoms with E-state index in [-0.39, 0.29) is 12.4 Å². The molecule has 0 aliphatic carbocycles. The lowest BCUT2D eigenvalue weighted by Gasteiger charge is -2.27. The maximum absolute atomic E-state index is 4.66. The fourth-order valence-electron chi connectivity index (χ4n) is 2.40. The van der Waals surface area contributed by atoms with Crippen molar-refractivity contribution >= 4 is 24.1 Å². The highest BCUT2D eigenvalue weighted by Gasteiger charge is 2.25. The molecule has 0 aromatic rings. The summed E-state index contributed by atoms with van der Waals surface area (Å²) >= 11 is 0. The molecule has 0 aromatic carbocycles. The van der Waals surface area contributed by atoms with E-state index in [9.17, 15) is 0 Å². The highest BCUT2D eigenvalue weighted by atomic mass is 35.5. The van der Waals surface area contributed by atoms with Gasteiger partial charge in [0.25, 0.3) is 0 Å². The van der Waals surface area contributed by atoms with Gasteiger partial charge in [-0.2, -0.15) is 0 Å². The van der Waals surface area contributed by atoms with Crippen LogP contribution in [0.15, 0.2) is 21.9 Å². The van der Waals surface area contributed by atoms with Crippen molar-refractivity contribution in [1.82, 2.24) is 9.80 Å². The molecule has 3 heterocycles. The smallest absolute Gasteiger partial charge is 0.134 e. The van der Waals surface area contributed by atoms with Crippen LogP contribution in [0.25, 0.3) is 0 Å². The highest BCUT2D eigenvalue weighted by Crippen LogP contribution is 2.21. The Labute approximate surface area is 102 Å². The quantitative estimate of drug-likeness (QED) is 0.696. The number of fused-ring (bicyclic) bond motifs is 1. The van der Waals surface area contributed by atoms with E-state index in [1.54, 1.807) is 0 Å². The fourth-order valence-corrected chi connectivity index (χ4v) is 2.40. The first-order valence-electron chi connectivity index (χ1n) is 5.68. The summed E-state index contributed by atoms with van der Waals surface area (Å²) in [6.45, 7) is 6.27. The molecule has 4 nitrogen and oxygen atoms in total. The average Bonchev–Trinajstić information content (AvgIpc) is 2.88. The van der Waals surface area contributed by atoms with Crippen LogP contribution < -0.4 is 0 Å². The minimum absolute atomic E-state index is 0. The first kappa shape index (κ1) is 11.5. The minimum atomic E-state index is 0. The first-order chi connectivity index (χ1) is 7.34.